The van der Waals surface area contributed by atoms with E-state index in [2.05, 4.69) is 15.5 Å². The van der Waals surface area contributed by atoms with Crippen molar-refractivity contribution in [2.75, 3.05) is 32.6 Å². The summed E-state index contributed by atoms with van der Waals surface area (Å²) in [5.74, 6) is 2.40. The first kappa shape index (κ1) is 18.9. The molecule has 0 bridgehead atoms. The van der Waals surface area contributed by atoms with Crippen LogP contribution in [-0.4, -0.2) is 48.4 Å². The molecule has 9 heteroatoms. The minimum absolute atomic E-state index is 0.129. The van der Waals surface area contributed by atoms with Crippen LogP contribution in [-0.2, 0) is 0 Å². The molecular weight excluding hydrogens is 376 g/mol. The average molecular weight is 398 g/mol. The van der Waals surface area contributed by atoms with E-state index >= 15 is 0 Å². The fraction of sp³-hybridized carbons (Fsp3) is 0.350. The molecule has 0 spiro atoms. The third-order valence-electron chi connectivity index (χ3n) is 4.94. The first-order valence-corrected chi connectivity index (χ1v) is 9.31. The summed E-state index contributed by atoms with van der Waals surface area (Å²) in [5, 5.41) is 11.2. The molecular formula is C20H22N4O5. The van der Waals surface area contributed by atoms with Crippen LogP contribution in [0.2, 0.25) is 0 Å². The van der Waals surface area contributed by atoms with Crippen LogP contribution in [0, 0.1) is 0 Å². The molecule has 1 aromatic carbocycles. The fourth-order valence-electron chi connectivity index (χ4n) is 3.31. The summed E-state index contributed by atoms with van der Waals surface area (Å²) in [5.41, 5.74) is 1.38. The average Bonchev–Trinajstić information content (AvgIpc) is 3.45. The molecule has 3 heterocycles. The summed E-state index contributed by atoms with van der Waals surface area (Å²) in [6.07, 6.45) is 4.63. The molecule has 0 aliphatic carbocycles. The van der Waals surface area contributed by atoms with Crippen LogP contribution >= 0.6 is 0 Å². The molecule has 0 saturated carbocycles. The van der Waals surface area contributed by atoms with Gasteiger partial charge in [-0.25, -0.2) is 4.79 Å². The maximum absolute atomic E-state index is 12.6. The van der Waals surface area contributed by atoms with Gasteiger partial charge in [-0.2, -0.15) is 0 Å². The van der Waals surface area contributed by atoms with Gasteiger partial charge < -0.3 is 28.5 Å². The molecule has 1 saturated heterocycles. The number of methoxy groups -OCH3 is 2. The molecule has 2 amide bonds. The number of benzene rings is 1. The highest BCUT2D eigenvalue weighted by Crippen LogP contribution is 2.30. The number of likely N-dealkylation sites (tertiary alicyclic amines) is 1. The van der Waals surface area contributed by atoms with Gasteiger partial charge in [-0.05, 0) is 18.9 Å². The number of hydrogen-bond donors (Lipinski definition) is 1. The molecule has 0 radical (unpaired) electrons. The van der Waals surface area contributed by atoms with E-state index in [1.165, 1.54) is 0 Å². The number of urea groups is 1. The van der Waals surface area contributed by atoms with E-state index in [4.69, 9.17) is 18.3 Å². The molecule has 1 fully saturated rings. The molecule has 0 unspecified atom stereocenters. The standard InChI is InChI=1S/C20H22N4O5/c1-26-16-9-15(10-17(11-16)27-2)21-20(25)24-6-3-13(4-7-24)18-22-23-19(29-18)14-5-8-28-12-14/h5,8-13H,3-4,6-7H2,1-2H3,(H,21,25). The summed E-state index contributed by atoms with van der Waals surface area (Å²) >= 11 is 0. The lowest BCUT2D eigenvalue weighted by molar-refractivity contribution is 0.190. The zero-order chi connectivity index (χ0) is 20.2. The van der Waals surface area contributed by atoms with E-state index in [1.54, 1.807) is 55.9 Å². The molecule has 1 aliphatic heterocycles. The lowest BCUT2D eigenvalue weighted by Crippen LogP contribution is -2.40. The van der Waals surface area contributed by atoms with Crippen LogP contribution in [0.15, 0.2) is 45.6 Å². The number of ether oxygens (including phenoxy) is 2. The second kappa shape index (κ2) is 8.26. The smallest absolute Gasteiger partial charge is 0.321 e. The Morgan fingerprint density at radius 3 is 2.48 bits per heavy atom. The summed E-state index contributed by atoms with van der Waals surface area (Å²) in [4.78, 5) is 14.4. The van der Waals surface area contributed by atoms with Crippen LogP contribution < -0.4 is 14.8 Å². The number of aromatic nitrogens is 2. The van der Waals surface area contributed by atoms with Crippen molar-refractivity contribution in [1.29, 1.82) is 0 Å². The van der Waals surface area contributed by atoms with Gasteiger partial charge in [-0.3, -0.25) is 0 Å². The molecule has 152 valence electrons. The van der Waals surface area contributed by atoms with Crippen molar-refractivity contribution in [3.05, 3.63) is 42.7 Å². The Morgan fingerprint density at radius 2 is 1.86 bits per heavy atom. The molecule has 1 N–H and O–H groups in total. The SMILES string of the molecule is COc1cc(NC(=O)N2CCC(c3nnc(-c4ccoc4)o3)CC2)cc(OC)c1. The van der Waals surface area contributed by atoms with Crippen molar-refractivity contribution in [2.24, 2.45) is 0 Å². The Balaban J connectivity index is 1.35. The van der Waals surface area contributed by atoms with E-state index in [9.17, 15) is 4.79 Å². The zero-order valence-electron chi connectivity index (χ0n) is 16.3. The monoisotopic (exact) mass is 398 g/mol. The Bertz CT molecular complexity index is 939. The zero-order valence-corrected chi connectivity index (χ0v) is 16.3. The Morgan fingerprint density at radius 1 is 1.14 bits per heavy atom. The van der Waals surface area contributed by atoms with Gasteiger partial charge in [0.2, 0.25) is 5.89 Å². The third-order valence-corrected chi connectivity index (χ3v) is 4.94. The predicted molar refractivity (Wildman–Crippen MR) is 104 cm³/mol. The highest BCUT2D eigenvalue weighted by Gasteiger charge is 2.27. The van der Waals surface area contributed by atoms with Gasteiger partial charge in [-0.15, -0.1) is 10.2 Å². The normalized spacial score (nSPS) is 14.6. The Labute approximate surface area is 167 Å². The lowest BCUT2D eigenvalue weighted by Gasteiger charge is -2.30. The number of furan rings is 1. The lowest BCUT2D eigenvalue weighted by atomic mass is 9.97. The second-order valence-electron chi connectivity index (χ2n) is 6.75. The number of piperidine rings is 1. The van der Waals surface area contributed by atoms with Gasteiger partial charge in [-0.1, -0.05) is 0 Å². The summed E-state index contributed by atoms with van der Waals surface area (Å²) in [7, 11) is 3.14. The predicted octanol–water partition coefficient (Wildman–Crippen LogP) is 3.76. The number of carbonyl (C=O) groups excluding carboxylic acids is 1. The van der Waals surface area contributed by atoms with Crippen molar-refractivity contribution in [3.63, 3.8) is 0 Å². The van der Waals surface area contributed by atoms with Crippen LogP contribution in [0.1, 0.15) is 24.7 Å². The van der Waals surface area contributed by atoms with Gasteiger partial charge in [0.1, 0.15) is 17.8 Å². The van der Waals surface area contributed by atoms with Gasteiger partial charge in [0, 0.05) is 42.9 Å². The second-order valence-corrected chi connectivity index (χ2v) is 6.75. The van der Waals surface area contributed by atoms with E-state index in [0.29, 0.717) is 42.1 Å². The number of nitrogens with zero attached hydrogens (tertiary/aromatic N) is 3. The molecule has 0 atom stereocenters. The fourth-order valence-corrected chi connectivity index (χ4v) is 3.31. The van der Waals surface area contributed by atoms with Crippen molar-refractivity contribution in [2.45, 2.75) is 18.8 Å². The van der Waals surface area contributed by atoms with E-state index in [-0.39, 0.29) is 11.9 Å². The maximum atomic E-state index is 12.6. The largest absolute Gasteiger partial charge is 0.497 e. The quantitative estimate of drug-likeness (QED) is 0.698. The molecule has 4 rings (SSSR count). The highest BCUT2D eigenvalue weighted by atomic mass is 16.5. The number of amides is 2. The van der Waals surface area contributed by atoms with E-state index in [0.717, 1.165) is 18.4 Å². The van der Waals surface area contributed by atoms with Gasteiger partial charge in [0.25, 0.3) is 5.89 Å². The highest BCUT2D eigenvalue weighted by molar-refractivity contribution is 5.90. The van der Waals surface area contributed by atoms with Gasteiger partial charge in [0.15, 0.2) is 0 Å². The number of hydrogen-bond acceptors (Lipinski definition) is 7. The molecule has 29 heavy (non-hydrogen) atoms. The first-order valence-electron chi connectivity index (χ1n) is 9.31. The van der Waals surface area contributed by atoms with Crippen LogP contribution in [0.4, 0.5) is 10.5 Å². The molecule has 3 aromatic rings. The first-order chi connectivity index (χ1) is 14.2. The summed E-state index contributed by atoms with van der Waals surface area (Å²) in [6, 6.07) is 6.87. The summed E-state index contributed by atoms with van der Waals surface area (Å²) in [6.45, 7) is 1.20. The topological polar surface area (TPSA) is 103 Å². The molecule has 2 aromatic heterocycles. The number of carbonyl (C=O) groups is 1. The molecule has 9 nitrogen and oxygen atoms in total. The van der Waals surface area contributed by atoms with Crippen LogP contribution in [0.25, 0.3) is 11.5 Å². The van der Waals surface area contributed by atoms with Gasteiger partial charge in [0.05, 0.1) is 26.0 Å². The van der Waals surface area contributed by atoms with Crippen LogP contribution in [0.3, 0.4) is 0 Å². The maximum Gasteiger partial charge on any atom is 0.321 e. The summed E-state index contributed by atoms with van der Waals surface area (Å²) < 4.78 is 21.3. The third kappa shape index (κ3) is 4.18. The minimum atomic E-state index is -0.164. The Hall–Kier alpha value is -3.49. The van der Waals surface area contributed by atoms with Crippen molar-refractivity contribution >= 4 is 11.7 Å². The van der Waals surface area contributed by atoms with E-state index in [1.807, 2.05) is 0 Å². The van der Waals surface area contributed by atoms with Gasteiger partial charge >= 0.3 is 6.03 Å². The van der Waals surface area contributed by atoms with Crippen molar-refractivity contribution < 1.29 is 23.1 Å². The minimum Gasteiger partial charge on any atom is -0.497 e. The molecule has 1 aliphatic rings. The number of nitrogens with one attached hydrogen (secondary N) is 1. The number of anilines is 1. The van der Waals surface area contributed by atoms with Crippen LogP contribution in [0.5, 0.6) is 11.5 Å². The van der Waals surface area contributed by atoms with E-state index < -0.39 is 0 Å². The number of rotatable bonds is 5. The van der Waals surface area contributed by atoms with Crippen molar-refractivity contribution in [3.8, 4) is 23.0 Å². The van der Waals surface area contributed by atoms with Crippen molar-refractivity contribution in [1.82, 2.24) is 15.1 Å². The Kier molecular flexibility index (Phi) is 5.37.